The number of halogens is 2. The van der Waals surface area contributed by atoms with Gasteiger partial charge in [-0.2, -0.15) is 4.39 Å². The quantitative estimate of drug-likeness (QED) is 0.809. The molecule has 0 N–H and O–H groups in total. The van der Waals surface area contributed by atoms with Crippen molar-refractivity contribution < 1.29 is 13.6 Å². The van der Waals surface area contributed by atoms with E-state index in [4.69, 9.17) is 0 Å². The summed E-state index contributed by atoms with van der Waals surface area (Å²) in [6, 6.07) is 4.86. The molecule has 0 radical (unpaired) electrons. The van der Waals surface area contributed by atoms with Gasteiger partial charge < -0.3 is 4.90 Å². The Hall–Kier alpha value is -1.82. The molecule has 0 saturated carbocycles. The Morgan fingerprint density at radius 2 is 2.15 bits per heavy atom. The molecule has 0 fully saturated rings. The summed E-state index contributed by atoms with van der Waals surface area (Å²) in [5, 5.41) is 1.91. The van der Waals surface area contributed by atoms with Crippen LogP contribution in [0.3, 0.4) is 0 Å². The number of nitrogens with zero attached hydrogens (tertiary/aromatic N) is 2. The molecule has 0 aliphatic rings. The van der Waals surface area contributed by atoms with Crippen molar-refractivity contribution in [2.75, 3.05) is 0 Å². The van der Waals surface area contributed by atoms with E-state index < -0.39 is 17.7 Å². The van der Waals surface area contributed by atoms with Crippen molar-refractivity contribution in [1.29, 1.82) is 0 Å². The van der Waals surface area contributed by atoms with Crippen molar-refractivity contribution >= 4 is 17.2 Å². The number of hydrogen-bond acceptors (Lipinski definition) is 3. The summed E-state index contributed by atoms with van der Waals surface area (Å²) < 4.78 is 26.8. The summed E-state index contributed by atoms with van der Waals surface area (Å²) in [4.78, 5) is 18.1. The minimum Gasteiger partial charge on any atom is -0.331 e. The monoisotopic (exact) mass is 296 g/mol. The lowest BCUT2D eigenvalue weighted by Gasteiger charge is -2.26. The Morgan fingerprint density at radius 3 is 2.75 bits per heavy atom. The number of pyridine rings is 1. The van der Waals surface area contributed by atoms with Crippen LogP contribution in [0.5, 0.6) is 0 Å². The predicted octanol–water partition coefficient (Wildman–Crippen LogP) is 3.47. The molecular weight excluding hydrogens is 282 g/mol. The number of carbonyl (C=O) groups excluding carboxylic acids is 1. The first-order valence-electron chi connectivity index (χ1n) is 6.14. The highest BCUT2D eigenvalue weighted by Gasteiger charge is 2.24. The minimum atomic E-state index is -1.25. The maximum absolute atomic E-state index is 13.7. The molecule has 2 aromatic rings. The third-order valence-corrected chi connectivity index (χ3v) is 3.73. The second-order valence-electron chi connectivity index (χ2n) is 4.57. The number of aromatic nitrogens is 1. The maximum atomic E-state index is 13.7. The highest BCUT2D eigenvalue weighted by atomic mass is 32.1. The number of thiophene rings is 1. The van der Waals surface area contributed by atoms with Crippen molar-refractivity contribution in [3.05, 3.63) is 52.0 Å². The number of hydrogen-bond donors (Lipinski definition) is 0. The van der Waals surface area contributed by atoms with Gasteiger partial charge in [0.15, 0.2) is 5.82 Å². The fraction of sp³-hybridized carbons (Fsp3) is 0.286. The minimum absolute atomic E-state index is 0.125. The van der Waals surface area contributed by atoms with Crippen LogP contribution in [0.25, 0.3) is 0 Å². The van der Waals surface area contributed by atoms with E-state index in [9.17, 15) is 13.6 Å². The molecule has 1 amide bonds. The average Bonchev–Trinajstić information content (AvgIpc) is 2.91. The Balaban J connectivity index is 2.29. The lowest BCUT2D eigenvalue weighted by atomic mass is 10.2. The molecular formula is C14H14F2N2OS. The molecule has 0 bridgehead atoms. The molecule has 20 heavy (non-hydrogen) atoms. The van der Waals surface area contributed by atoms with Gasteiger partial charge in [0.05, 0.1) is 12.1 Å². The molecule has 0 unspecified atom stereocenters. The molecule has 3 nitrogen and oxygen atoms in total. The van der Waals surface area contributed by atoms with Crippen LogP contribution in [0.4, 0.5) is 8.78 Å². The average molecular weight is 296 g/mol. The normalized spacial score (nSPS) is 10.8. The highest BCUT2D eigenvalue weighted by molar-refractivity contribution is 7.09. The topological polar surface area (TPSA) is 33.2 Å². The SMILES string of the molecule is CC(C)N(Cc1cccs1)C(=O)c1ccnc(F)c1F. The van der Waals surface area contributed by atoms with Crippen molar-refractivity contribution in [1.82, 2.24) is 9.88 Å². The van der Waals surface area contributed by atoms with Gasteiger partial charge in [0.25, 0.3) is 5.91 Å². The Labute approximate surface area is 119 Å². The van der Waals surface area contributed by atoms with Gasteiger partial charge in [-0.3, -0.25) is 4.79 Å². The standard InChI is InChI=1S/C14H14F2N2OS/c1-9(2)18(8-10-4-3-7-20-10)14(19)11-5-6-17-13(16)12(11)15/h3-7,9H,8H2,1-2H3. The highest BCUT2D eigenvalue weighted by Crippen LogP contribution is 2.18. The Morgan fingerprint density at radius 1 is 1.40 bits per heavy atom. The van der Waals surface area contributed by atoms with E-state index in [1.54, 1.807) is 0 Å². The Bertz CT molecular complexity index is 599. The summed E-state index contributed by atoms with van der Waals surface area (Å²) in [7, 11) is 0. The summed E-state index contributed by atoms with van der Waals surface area (Å²) >= 11 is 1.51. The Kier molecular flexibility index (Phi) is 4.44. The summed E-state index contributed by atoms with van der Waals surface area (Å²) in [6.45, 7) is 4.04. The molecule has 0 spiro atoms. The van der Waals surface area contributed by atoms with E-state index in [1.807, 2.05) is 31.4 Å². The van der Waals surface area contributed by atoms with Gasteiger partial charge in [-0.15, -0.1) is 11.3 Å². The van der Waals surface area contributed by atoms with Crippen molar-refractivity contribution in [2.45, 2.75) is 26.4 Å². The molecule has 2 aromatic heterocycles. The summed E-state index contributed by atoms with van der Waals surface area (Å²) in [6.07, 6.45) is 1.09. The lowest BCUT2D eigenvalue weighted by molar-refractivity contribution is 0.0686. The second kappa shape index (κ2) is 6.09. The number of rotatable bonds is 4. The fourth-order valence-corrected chi connectivity index (χ4v) is 2.50. The van der Waals surface area contributed by atoms with Crippen LogP contribution in [0.1, 0.15) is 29.1 Å². The van der Waals surface area contributed by atoms with Crippen LogP contribution in [0.2, 0.25) is 0 Å². The molecule has 0 atom stereocenters. The van der Waals surface area contributed by atoms with E-state index in [-0.39, 0.29) is 11.6 Å². The molecule has 2 rings (SSSR count). The molecule has 106 valence electrons. The largest absolute Gasteiger partial charge is 0.331 e. The molecule has 0 aromatic carbocycles. The van der Waals surface area contributed by atoms with Crippen LogP contribution < -0.4 is 0 Å². The van der Waals surface area contributed by atoms with Gasteiger partial charge in [0, 0.05) is 17.1 Å². The molecule has 0 aliphatic carbocycles. The second-order valence-corrected chi connectivity index (χ2v) is 5.60. The first-order valence-corrected chi connectivity index (χ1v) is 7.02. The summed E-state index contributed by atoms with van der Waals surface area (Å²) in [5.41, 5.74) is -0.289. The van der Waals surface area contributed by atoms with Crippen molar-refractivity contribution in [3.8, 4) is 0 Å². The zero-order chi connectivity index (χ0) is 14.7. The maximum Gasteiger partial charge on any atom is 0.257 e. The van der Waals surface area contributed by atoms with E-state index in [1.165, 1.54) is 22.3 Å². The van der Waals surface area contributed by atoms with Crippen LogP contribution in [0, 0.1) is 11.8 Å². The molecule has 0 saturated heterocycles. The first-order chi connectivity index (χ1) is 9.50. The van der Waals surface area contributed by atoms with Gasteiger partial charge in [-0.25, -0.2) is 9.37 Å². The van der Waals surface area contributed by atoms with Gasteiger partial charge >= 0.3 is 0 Å². The van der Waals surface area contributed by atoms with Crippen LogP contribution in [0.15, 0.2) is 29.8 Å². The predicted molar refractivity (Wildman–Crippen MR) is 73.5 cm³/mol. The smallest absolute Gasteiger partial charge is 0.257 e. The molecule has 6 heteroatoms. The van der Waals surface area contributed by atoms with Gasteiger partial charge in [0.1, 0.15) is 0 Å². The van der Waals surface area contributed by atoms with E-state index >= 15 is 0 Å². The van der Waals surface area contributed by atoms with Gasteiger partial charge in [-0.1, -0.05) is 6.07 Å². The molecule has 2 heterocycles. The van der Waals surface area contributed by atoms with Gasteiger partial charge in [0.2, 0.25) is 5.95 Å². The van der Waals surface area contributed by atoms with Crippen molar-refractivity contribution in [2.24, 2.45) is 0 Å². The lowest BCUT2D eigenvalue weighted by Crippen LogP contribution is -2.36. The fourth-order valence-electron chi connectivity index (χ4n) is 1.80. The van der Waals surface area contributed by atoms with Crippen molar-refractivity contribution in [3.63, 3.8) is 0 Å². The zero-order valence-corrected chi connectivity index (χ0v) is 12.0. The van der Waals surface area contributed by atoms with Crippen LogP contribution >= 0.6 is 11.3 Å². The van der Waals surface area contributed by atoms with E-state index in [2.05, 4.69) is 4.98 Å². The van der Waals surface area contributed by atoms with Crippen LogP contribution in [-0.4, -0.2) is 21.8 Å². The van der Waals surface area contributed by atoms with Gasteiger partial charge in [-0.05, 0) is 31.4 Å². The summed E-state index contributed by atoms with van der Waals surface area (Å²) in [5.74, 6) is -2.99. The third kappa shape index (κ3) is 3.01. The first kappa shape index (κ1) is 14.6. The zero-order valence-electron chi connectivity index (χ0n) is 11.1. The third-order valence-electron chi connectivity index (χ3n) is 2.87. The molecule has 0 aliphatic heterocycles. The number of amides is 1. The number of carbonyl (C=O) groups is 1. The van der Waals surface area contributed by atoms with E-state index in [0.717, 1.165) is 11.1 Å². The van der Waals surface area contributed by atoms with E-state index in [0.29, 0.717) is 6.54 Å². The van der Waals surface area contributed by atoms with Crippen LogP contribution in [-0.2, 0) is 6.54 Å².